The molecule has 0 bridgehead atoms. The van der Waals surface area contributed by atoms with Crippen LogP contribution < -0.4 is 5.73 Å². The third kappa shape index (κ3) is 3.81. The molecule has 1 fully saturated rings. The molecule has 0 heterocycles. The molecule has 0 amide bonds. The van der Waals surface area contributed by atoms with Crippen LogP contribution in [0.4, 0.5) is 0 Å². The molecule has 1 aliphatic rings. The van der Waals surface area contributed by atoms with Crippen LogP contribution in [0.15, 0.2) is 0 Å². The summed E-state index contributed by atoms with van der Waals surface area (Å²) < 4.78 is 0. The van der Waals surface area contributed by atoms with Gasteiger partial charge in [-0.3, -0.25) is 0 Å². The summed E-state index contributed by atoms with van der Waals surface area (Å²) in [5, 5.41) is 8.62. The Morgan fingerprint density at radius 2 is 2.13 bits per heavy atom. The fraction of sp³-hybridized carbons (Fsp3) is 0.917. The second-order valence-electron chi connectivity index (χ2n) is 4.83. The Balaban J connectivity index is 2.32. The Morgan fingerprint density at radius 1 is 1.47 bits per heavy atom. The van der Waals surface area contributed by atoms with Gasteiger partial charge in [0.2, 0.25) is 0 Å². The Labute approximate surface area is 93.2 Å². The fourth-order valence-corrected chi connectivity index (χ4v) is 2.52. The number of hydrogen-bond acceptors (Lipinski definition) is 3. The van der Waals surface area contributed by atoms with E-state index in [2.05, 4.69) is 24.9 Å². The summed E-state index contributed by atoms with van der Waals surface area (Å²) in [5.41, 5.74) is 5.60. The Bertz CT molecular complexity index is 221. The zero-order chi connectivity index (χ0) is 11.3. The molecule has 3 nitrogen and oxygen atoms in total. The average molecular weight is 209 g/mol. The summed E-state index contributed by atoms with van der Waals surface area (Å²) in [6.45, 7) is 3.29. The lowest BCUT2D eigenvalue weighted by Crippen LogP contribution is -2.40. The topological polar surface area (TPSA) is 53.0 Å². The van der Waals surface area contributed by atoms with Gasteiger partial charge in [0.05, 0.1) is 12.1 Å². The molecule has 1 saturated carbocycles. The van der Waals surface area contributed by atoms with Crippen molar-refractivity contribution in [3.63, 3.8) is 0 Å². The van der Waals surface area contributed by atoms with Crippen molar-refractivity contribution in [3.8, 4) is 6.07 Å². The molecule has 3 atom stereocenters. The van der Waals surface area contributed by atoms with Crippen molar-refractivity contribution < 1.29 is 0 Å². The summed E-state index contributed by atoms with van der Waals surface area (Å²) in [7, 11) is 2.16. The number of hydrogen-bond donors (Lipinski definition) is 1. The maximum absolute atomic E-state index is 8.62. The van der Waals surface area contributed by atoms with E-state index < -0.39 is 0 Å². The quantitative estimate of drug-likeness (QED) is 0.767. The molecule has 0 aromatic rings. The minimum Gasteiger partial charge on any atom is -0.316 e. The Morgan fingerprint density at radius 3 is 2.73 bits per heavy atom. The van der Waals surface area contributed by atoms with Crippen molar-refractivity contribution in [1.29, 1.82) is 5.26 Å². The van der Waals surface area contributed by atoms with Crippen LogP contribution in [0.2, 0.25) is 0 Å². The lowest BCUT2D eigenvalue weighted by molar-refractivity contribution is 0.137. The number of rotatable bonds is 4. The first-order chi connectivity index (χ1) is 7.15. The van der Waals surface area contributed by atoms with E-state index in [0.717, 1.165) is 18.9 Å². The lowest BCUT2D eigenvalue weighted by Gasteiger charge is -2.36. The molecule has 3 heteroatoms. The van der Waals surface area contributed by atoms with Gasteiger partial charge in [0.15, 0.2) is 0 Å². The summed E-state index contributed by atoms with van der Waals surface area (Å²) in [6.07, 6.45) is 6.17. The fourth-order valence-electron chi connectivity index (χ4n) is 2.52. The molecule has 0 saturated heterocycles. The van der Waals surface area contributed by atoms with E-state index in [9.17, 15) is 0 Å². The maximum Gasteiger partial charge on any atom is 0.0940 e. The molecule has 0 radical (unpaired) electrons. The molecular weight excluding hydrogens is 186 g/mol. The van der Waals surface area contributed by atoms with Crippen LogP contribution in [-0.4, -0.2) is 30.6 Å². The van der Waals surface area contributed by atoms with Gasteiger partial charge in [-0.05, 0) is 32.2 Å². The summed E-state index contributed by atoms with van der Waals surface area (Å²) in [5.74, 6) is 0.794. The molecule has 0 aromatic carbocycles. The second-order valence-corrected chi connectivity index (χ2v) is 4.83. The second kappa shape index (κ2) is 6.09. The monoisotopic (exact) mass is 209 g/mol. The van der Waals surface area contributed by atoms with E-state index in [1.807, 2.05) is 0 Å². The first-order valence-electron chi connectivity index (χ1n) is 6.00. The molecule has 0 spiro atoms. The highest BCUT2D eigenvalue weighted by molar-refractivity contribution is 4.88. The number of nitrogens with zero attached hydrogens (tertiary/aromatic N) is 2. The third-order valence-electron chi connectivity index (χ3n) is 3.59. The van der Waals surface area contributed by atoms with Crippen molar-refractivity contribution in [1.82, 2.24) is 4.90 Å². The molecule has 1 rings (SSSR count). The van der Waals surface area contributed by atoms with Gasteiger partial charge < -0.3 is 10.6 Å². The predicted molar refractivity (Wildman–Crippen MR) is 62.3 cm³/mol. The maximum atomic E-state index is 8.62. The Kier molecular flexibility index (Phi) is 5.07. The van der Waals surface area contributed by atoms with E-state index in [1.54, 1.807) is 0 Å². The van der Waals surface area contributed by atoms with Crippen LogP contribution in [0.5, 0.6) is 0 Å². The van der Waals surface area contributed by atoms with Gasteiger partial charge in [-0.25, -0.2) is 0 Å². The minimum absolute atomic E-state index is 0.300. The van der Waals surface area contributed by atoms with E-state index in [1.165, 1.54) is 25.7 Å². The molecule has 1 aliphatic carbocycles. The van der Waals surface area contributed by atoms with E-state index in [0.29, 0.717) is 6.04 Å². The SMILES string of the molecule is CC1CCCCC1N(C)CCC(N)C#N. The summed E-state index contributed by atoms with van der Waals surface area (Å²) in [6, 6.07) is 2.48. The summed E-state index contributed by atoms with van der Waals surface area (Å²) in [4.78, 5) is 2.39. The van der Waals surface area contributed by atoms with Crippen LogP contribution >= 0.6 is 0 Å². The molecule has 2 N–H and O–H groups in total. The highest BCUT2D eigenvalue weighted by atomic mass is 15.1. The standard InChI is InChI=1S/C12H23N3/c1-10-5-3-4-6-12(10)15(2)8-7-11(14)9-13/h10-12H,3-8,14H2,1-2H3. The third-order valence-corrected chi connectivity index (χ3v) is 3.59. The summed E-state index contributed by atoms with van der Waals surface area (Å²) >= 11 is 0. The predicted octanol–water partition coefficient (Wildman–Crippen LogP) is 1.74. The van der Waals surface area contributed by atoms with E-state index in [4.69, 9.17) is 11.0 Å². The van der Waals surface area contributed by atoms with Crippen LogP contribution in [0.3, 0.4) is 0 Å². The molecule has 86 valence electrons. The van der Waals surface area contributed by atoms with Crippen molar-refractivity contribution in [3.05, 3.63) is 0 Å². The van der Waals surface area contributed by atoms with Crippen LogP contribution in [0, 0.1) is 17.2 Å². The number of nitriles is 1. The minimum atomic E-state index is -0.300. The largest absolute Gasteiger partial charge is 0.316 e. The molecule has 15 heavy (non-hydrogen) atoms. The van der Waals surface area contributed by atoms with Crippen molar-refractivity contribution >= 4 is 0 Å². The van der Waals surface area contributed by atoms with Gasteiger partial charge in [0, 0.05) is 12.6 Å². The van der Waals surface area contributed by atoms with Gasteiger partial charge in [-0.15, -0.1) is 0 Å². The van der Waals surface area contributed by atoms with Gasteiger partial charge in [0.25, 0.3) is 0 Å². The van der Waals surface area contributed by atoms with Crippen LogP contribution in [0.1, 0.15) is 39.0 Å². The number of nitrogens with two attached hydrogens (primary N) is 1. The van der Waals surface area contributed by atoms with Crippen LogP contribution in [0.25, 0.3) is 0 Å². The first kappa shape index (κ1) is 12.5. The molecule has 0 aliphatic heterocycles. The normalized spacial score (nSPS) is 28.7. The van der Waals surface area contributed by atoms with Crippen molar-refractivity contribution in [2.24, 2.45) is 11.7 Å². The van der Waals surface area contributed by atoms with Crippen molar-refractivity contribution in [2.45, 2.75) is 51.1 Å². The van der Waals surface area contributed by atoms with Gasteiger partial charge >= 0.3 is 0 Å². The van der Waals surface area contributed by atoms with Crippen molar-refractivity contribution in [2.75, 3.05) is 13.6 Å². The van der Waals surface area contributed by atoms with Gasteiger partial charge in [0.1, 0.15) is 0 Å². The molecule has 0 aromatic heterocycles. The first-order valence-corrected chi connectivity index (χ1v) is 6.00. The molecular formula is C12H23N3. The van der Waals surface area contributed by atoms with Gasteiger partial charge in [-0.2, -0.15) is 5.26 Å². The smallest absolute Gasteiger partial charge is 0.0940 e. The van der Waals surface area contributed by atoms with Crippen LogP contribution in [-0.2, 0) is 0 Å². The van der Waals surface area contributed by atoms with E-state index in [-0.39, 0.29) is 6.04 Å². The van der Waals surface area contributed by atoms with E-state index >= 15 is 0 Å². The zero-order valence-electron chi connectivity index (χ0n) is 9.95. The highest BCUT2D eigenvalue weighted by Crippen LogP contribution is 2.27. The zero-order valence-corrected chi connectivity index (χ0v) is 9.95. The molecule has 3 unspecified atom stereocenters. The highest BCUT2D eigenvalue weighted by Gasteiger charge is 2.24. The Hall–Kier alpha value is -0.590. The lowest BCUT2D eigenvalue weighted by atomic mass is 9.85. The van der Waals surface area contributed by atoms with Gasteiger partial charge in [-0.1, -0.05) is 19.8 Å². The average Bonchev–Trinajstić information content (AvgIpc) is 2.26.